The summed E-state index contributed by atoms with van der Waals surface area (Å²) in [5.74, 6) is 0.794. The molecule has 2 saturated heterocycles. The summed E-state index contributed by atoms with van der Waals surface area (Å²) < 4.78 is 11.0. The van der Waals surface area contributed by atoms with E-state index in [1.54, 1.807) is 11.9 Å². The number of benzene rings is 1. The van der Waals surface area contributed by atoms with Crippen molar-refractivity contribution in [1.29, 1.82) is 0 Å². The second-order valence-electron chi connectivity index (χ2n) is 8.75. The number of morpholine rings is 1. The van der Waals surface area contributed by atoms with E-state index >= 15 is 0 Å². The summed E-state index contributed by atoms with van der Waals surface area (Å²) in [6.07, 6.45) is 2.08. The monoisotopic (exact) mass is 573 g/mol. The Balaban J connectivity index is 0.00000385. The van der Waals surface area contributed by atoms with Crippen molar-refractivity contribution < 1.29 is 14.3 Å². The maximum Gasteiger partial charge on any atom is 0.409 e. The maximum atomic E-state index is 11.9. The van der Waals surface area contributed by atoms with Crippen LogP contribution in [0.15, 0.2) is 29.3 Å². The number of hydrogen-bond donors (Lipinski definition) is 2. The quantitative estimate of drug-likeness (QED) is 0.309. The molecule has 1 aromatic carbocycles. The number of nitrogens with one attached hydrogen (secondary N) is 2. The minimum atomic E-state index is -0.214. The molecule has 0 saturated carbocycles. The molecule has 0 aliphatic carbocycles. The summed E-state index contributed by atoms with van der Waals surface area (Å²) in [5.41, 5.74) is 2.61. The van der Waals surface area contributed by atoms with E-state index in [-0.39, 0.29) is 42.3 Å². The zero-order valence-corrected chi connectivity index (χ0v) is 22.7. The summed E-state index contributed by atoms with van der Waals surface area (Å²) in [4.78, 5) is 20.6. The highest BCUT2D eigenvalue weighted by molar-refractivity contribution is 14.0. The molecular weight excluding hydrogens is 533 g/mol. The number of piperidine rings is 1. The van der Waals surface area contributed by atoms with Gasteiger partial charge in [0, 0.05) is 52.4 Å². The predicted octanol–water partition coefficient (Wildman–Crippen LogP) is 3.20. The first kappa shape index (κ1) is 27.7. The highest BCUT2D eigenvalue weighted by Crippen LogP contribution is 2.17. The largest absolute Gasteiger partial charge is 0.450 e. The average Bonchev–Trinajstić information content (AvgIpc) is 2.77. The van der Waals surface area contributed by atoms with E-state index in [1.807, 2.05) is 6.92 Å². The fraction of sp³-hybridized carbons (Fsp3) is 0.667. The van der Waals surface area contributed by atoms with Gasteiger partial charge in [-0.1, -0.05) is 24.3 Å². The highest BCUT2D eigenvalue weighted by atomic mass is 127. The Morgan fingerprint density at radius 1 is 1.15 bits per heavy atom. The van der Waals surface area contributed by atoms with Gasteiger partial charge in [0.1, 0.15) is 0 Å². The maximum absolute atomic E-state index is 11.9. The van der Waals surface area contributed by atoms with Crippen molar-refractivity contribution >= 4 is 36.0 Å². The van der Waals surface area contributed by atoms with E-state index < -0.39 is 0 Å². The van der Waals surface area contributed by atoms with Crippen LogP contribution in [-0.2, 0) is 22.6 Å². The summed E-state index contributed by atoms with van der Waals surface area (Å²) in [6.45, 7) is 11.5. The van der Waals surface area contributed by atoms with Crippen LogP contribution in [0, 0.1) is 0 Å². The van der Waals surface area contributed by atoms with Crippen LogP contribution >= 0.6 is 24.0 Å². The second kappa shape index (κ2) is 14.0. The van der Waals surface area contributed by atoms with Crippen LogP contribution in [0.25, 0.3) is 0 Å². The van der Waals surface area contributed by atoms with Crippen LogP contribution in [0.3, 0.4) is 0 Å². The van der Waals surface area contributed by atoms with E-state index in [0.717, 1.165) is 38.4 Å². The van der Waals surface area contributed by atoms with Crippen molar-refractivity contribution in [2.24, 2.45) is 4.99 Å². The van der Waals surface area contributed by atoms with Gasteiger partial charge in [-0.15, -0.1) is 24.0 Å². The van der Waals surface area contributed by atoms with Crippen LogP contribution < -0.4 is 10.6 Å². The lowest BCUT2D eigenvalue weighted by Gasteiger charge is -2.35. The van der Waals surface area contributed by atoms with Gasteiger partial charge in [-0.25, -0.2) is 4.79 Å². The molecule has 9 heteroatoms. The lowest BCUT2D eigenvalue weighted by Crippen LogP contribution is -2.49. The molecule has 3 rings (SSSR count). The Hall–Kier alpha value is -1.59. The summed E-state index contributed by atoms with van der Waals surface area (Å²) in [6, 6.07) is 8.88. The van der Waals surface area contributed by atoms with E-state index in [2.05, 4.69) is 58.6 Å². The van der Waals surface area contributed by atoms with Crippen molar-refractivity contribution in [1.82, 2.24) is 20.4 Å². The third kappa shape index (κ3) is 8.60. The fourth-order valence-electron chi connectivity index (χ4n) is 4.53. The van der Waals surface area contributed by atoms with E-state index in [1.165, 1.54) is 11.1 Å². The Bertz CT molecular complexity index is 760. The predicted molar refractivity (Wildman–Crippen MR) is 142 cm³/mol. The van der Waals surface area contributed by atoms with Gasteiger partial charge >= 0.3 is 6.09 Å². The summed E-state index contributed by atoms with van der Waals surface area (Å²) >= 11 is 0. The molecule has 1 amide bonds. The molecule has 186 valence electrons. The number of nitrogens with zero attached hydrogens (tertiary/aromatic N) is 3. The molecule has 2 heterocycles. The van der Waals surface area contributed by atoms with Gasteiger partial charge in [-0.3, -0.25) is 9.89 Å². The second-order valence-corrected chi connectivity index (χ2v) is 8.75. The number of guanidine groups is 1. The van der Waals surface area contributed by atoms with Gasteiger partial charge in [-0.05, 0) is 44.7 Å². The highest BCUT2D eigenvalue weighted by Gasteiger charge is 2.25. The molecule has 0 bridgehead atoms. The Morgan fingerprint density at radius 3 is 2.39 bits per heavy atom. The molecule has 1 aromatic rings. The molecule has 0 radical (unpaired) electrons. The summed E-state index contributed by atoms with van der Waals surface area (Å²) in [7, 11) is 1.80. The topological polar surface area (TPSA) is 78.4 Å². The third-order valence-electron chi connectivity index (χ3n) is 6.04. The summed E-state index contributed by atoms with van der Waals surface area (Å²) in [5, 5.41) is 6.99. The van der Waals surface area contributed by atoms with Gasteiger partial charge < -0.3 is 25.0 Å². The zero-order valence-electron chi connectivity index (χ0n) is 20.4. The van der Waals surface area contributed by atoms with E-state index in [9.17, 15) is 4.79 Å². The van der Waals surface area contributed by atoms with Gasteiger partial charge in [0.05, 0.1) is 18.8 Å². The Kier molecular flexibility index (Phi) is 11.7. The van der Waals surface area contributed by atoms with Crippen molar-refractivity contribution in [2.75, 3.05) is 39.8 Å². The zero-order chi connectivity index (χ0) is 22.9. The Labute approximate surface area is 215 Å². The fourth-order valence-corrected chi connectivity index (χ4v) is 4.53. The number of likely N-dealkylation sites (tertiary alicyclic amines) is 1. The number of hydrogen-bond acceptors (Lipinski definition) is 5. The molecule has 2 aliphatic rings. The molecule has 2 fully saturated rings. The van der Waals surface area contributed by atoms with Crippen LogP contribution in [0.2, 0.25) is 0 Å². The van der Waals surface area contributed by atoms with Crippen LogP contribution in [-0.4, -0.2) is 79.9 Å². The normalized spacial score (nSPS) is 22.4. The van der Waals surface area contributed by atoms with Crippen LogP contribution in [0.4, 0.5) is 4.79 Å². The lowest BCUT2D eigenvalue weighted by molar-refractivity contribution is -0.0705. The lowest BCUT2D eigenvalue weighted by atomic mass is 10.1. The Morgan fingerprint density at radius 2 is 1.79 bits per heavy atom. The molecular formula is C24H40IN5O3. The van der Waals surface area contributed by atoms with Gasteiger partial charge in [0.15, 0.2) is 5.96 Å². The molecule has 0 spiro atoms. The molecule has 8 nitrogen and oxygen atoms in total. The number of carbonyl (C=O) groups excluding carboxylic acids is 1. The number of carbonyl (C=O) groups is 1. The number of ether oxygens (including phenoxy) is 2. The number of rotatable bonds is 6. The minimum absolute atomic E-state index is 0. The number of amides is 1. The van der Waals surface area contributed by atoms with E-state index in [0.29, 0.717) is 32.3 Å². The number of aliphatic imine (C=N–C) groups is 1. The third-order valence-corrected chi connectivity index (χ3v) is 6.04. The van der Waals surface area contributed by atoms with E-state index in [4.69, 9.17) is 9.47 Å². The van der Waals surface area contributed by atoms with Crippen LogP contribution in [0.5, 0.6) is 0 Å². The van der Waals surface area contributed by atoms with Gasteiger partial charge in [0.25, 0.3) is 0 Å². The SMILES string of the molecule is CCOC(=O)N1CCC(NC(=NC)NCc2ccccc2CN2CC(C)OC(C)C2)CC1.I. The van der Waals surface area contributed by atoms with Crippen molar-refractivity contribution in [3.63, 3.8) is 0 Å². The molecule has 2 aliphatic heterocycles. The molecule has 2 N–H and O–H groups in total. The first-order valence-electron chi connectivity index (χ1n) is 11.8. The molecule has 2 atom stereocenters. The first-order valence-corrected chi connectivity index (χ1v) is 11.8. The van der Waals surface area contributed by atoms with Crippen molar-refractivity contribution in [3.8, 4) is 0 Å². The van der Waals surface area contributed by atoms with Crippen molar-refractivity contribution in [3.05, 3.63) is 35.4 Å². The first-order chi connectivity index (χ1) is 15.5. The molecule has 2 unspecified atom stereocenters. The standard InChI is InChI=1S/C24H39N5O3.HI/c1-5-31-24(30)29-12-10-22(11-13-29)27-23(25-4)26-14-20-8-6-7-9-21(20)17-28-15-18(2)32-19(3)16-28;/h6-9,18-19,22H,5,10-17H2,1-4H3,(H2,25,26,27);1H. The smallest absolute Gasteiger partial charge is 0.409 e. The van der Waals surface area contributed by atoms with Gasteiger partial charge in [0.2, 0.25) is 0 Å². The molecule has 0 aromatic heterocycles. The molecule has 33 heavy (non-hydrogen) atoms. The van der Waals surface area contributed by atoms with Crippen molar-refractivity contribution in [2.45, 2.75) is 65.0 Å². The van der Waals surface area contributed by atoms with Crippen LogP contribution in [0.1, 0.15) is 44.7 Å². The van der Waals surface area contributed by atoms with Gasteiger partial charge in [-0.2, -0.15) is 0 Å². The average molecular weight is 574 g/mol. The number of halogens is 1. The minimum Gasteiger partial charge on any atom is -0.450 e.